The van der Waals surface area contributed by atoms with Gasteiger partial charge in [-0.15, -0.1) is 10.2 Å². The summed E-state index contributed by atoms with van der Waals surface area (Å²) in [4.78, 5) is 0. The minimum Gasteiger partial charge on any atom is -0.374 e. The number of rotatable bonds is 3. The van der Waals surface area contributed by atoms with Crippen LogP contribution in [0.15, 0.2) is 24.5 Å². The average molecular weight is 245 g/mol. The highest BCUT2D eigenvalue weighted by atomic mass is 19.1. The van der Waals surface area contributed by atoms with Gasteiger partial charge in [-0.2, -0.15) is 5.26 Å². The first-order valence-corrected chi connectivity index (χ1v) is 5.42. The van der Waals surface area contributed by atoms with Gasteiger partial charge < -0.3 is 9.88 Å². The summed E-state index contributed by atoms with van der Waals surface area (Å²) in [5.41, 5.74) is 0.458. The van der Waals surface area contributed by atoms with Crippen LogP contribution in [-0.4, -0.2) is 14.8 Å². The van der Waals surface area contributed by atoms with Crippen LogP contribution in [0.3, 0.4) is 0 Å². The lowest BCUT2D eigenvalue weighted by Gasteiger charge is -2.15. The molecule has 5 nitrogen and oxygen atoms in total. The lowest BCUT2D eigenvalue weighted by molar-refractivity contribution is 0.623. The number of nitrogens with one attached hydrogen (secondary N) is 1. The molecular weight excluding hydrogens is 233 g/mol. The van der Waals surface area contributed by atoms with E-state index in [2.05, 4.69) is 15.5 Å². The molecule has 6 heteroatoms. The molecule has 0 aliphatic heterocycles. The second-order valence-electron chi connectivity index (χ2n) is 3.94. The molecule has 2 aromatic rings. The Morgan fingerprint density at radius 3 is 2.89 bits per heavy atom. The summed E-state index contributed by atoms with van der Waals surface area (Å²) in [6.07, 6.45) is 1.59. The number of hydrogen-bond donors (Lipinski definition) is 1. The topological polar surface area (TPSA) is 66.5 Å². The van der Waals surface area contributed by atoms with E-state index in [4.69, 9.17) is 5.26 Å². The fourth-order valence-electron chi connectivity index (χ4n) is 1.74. The molecule has 0 saturated carbocycles. The van der Waals surface area contributed by atoms with Gasteiger partial charge in [0.05, 0.1) is 11.7 Å². The van der Waals surface area contributed by atoms with Gasteiger partial charge in [0.2, 0.25) is 0 Å². The Bertz CT molecular complexity index is 599. The van der Waals surface area contributed by atoms with E-state index in [1.807, 2.05) is 20.0 Å². The van der Waals surface area contributed by atoms with Gasteiger partial charge in [0.15, 0.2) is 5.82 Å². The molecule has 92 valence electrons. The summed E-state index contributed by atoms with van der Waals surface area (Å²) >= 11 is 0. The molecule has 0 spiro atoms. The monoisotopic (exact) mass is 245 g/mol. The smallest absolute Gasteiger partial charge is 0.154 e. The lowest BCUT2D eigenvalue weighted by Crippen LogP contribution is -2.13. The van der Waals surface area contributed by atoms with Crippen LogP contribution < -0.4 is 5.32 Å². The van der Waals surface area contributed by atoms with Crippen LogP contribution in [0, 0.1) is 17.1 Å². The van der Waals surface area contributed by atoms with Gasteiger partial charge in [0.25, 0.3) is 0 Å². The van der Waals surface area contributed by atoms with Gasteiger partial charge >= 0.3 is 0 Å². The minimum absolute atomic E-state index is 0.00604. The molecule has 0 saturated heterocycles. The number of aromatic nitrogens is 3. The molecular formula is C12H12FN5. The SMILES string of the molecule is CC(Nc1cccc(F)c1C#N)c1nncn1C. The van der Waals surface area contributed by atoms with Crippen molar-refractivity contribution >= 4 is 5.69 Å². The van der Waals surface area contributed by atoms with E-state index in [-0.39, 0.29) is 11.6 Å². The van der Waals surface area contributed by atoms with E-state index >= 15 is 0 Å². The minimum atomic E-state index is -0.535. The fourth-order valence-corrected chi connectivity index (χ4v) is 1.74. The van der Waals surface area contributed by atoms with Gasteiger partial charge in [0, 0.05) is 7.05 Å². The van der Waals surface area contributed by atoms with Crippen LogP contribution >= 0.6 is 0 Å². The number of halogens is 1. The Labute approximate surface area is 104 Å². The summed E-state index contributed by atoms with van der Waals surface area (Å²) in [5.74, 6) is 0.177. The zero-order valence-electron chi connectivity index (χ0n) is 10.1. The molecule has 1 heterocycles. The number of anilines is 1. The standard InChI is InChI=1S/C12H12FN5/c1-8(12-17-15-7-18(12)2)16-11-5-3-4-10(13)9(11)6-14/h3-5,7-8,16H,1-2H3. The molecule has 1 aromatic heterocycles. The second-order valence-corrected chi connectivity index (χ2v) is 3.94. The number of nitriles is 1. The Morgan fingerprint density at radius 1 is 1.50 bits per heavy atom. The summed E-state index contributed by atoms with van der Waals surface area (Å²) in [5, 5.41) is 19.7. The summed E-state index contributed by atoms with van der Waals surface area (Å²) in [7, 11) is 1.82. The maximum absolute atomic E-state index is 13.4. The maximum atomic E-state index is 13.4. The normalized spacial score (nSPS) is 11.9. The molecule has 1 aromatic carbocycles. The first kappa shape index (κ1) is 12.0. The van der Waals surface area contributed by atoms with E-state index in [1.54, 1.807) is 23.0 Å². The molecule has 1 unspecified atom stereocenters. The molecule has 0 bridgehead atoms. The Morgan fingerprint density at radius 2 is 2.28 bits per heavy atom. The van der Waals surface area contributed by atoms with Crippen LogP contribution in [0.4, 0.5) is 10.1 Å². The highest BCUT2D eigenvalue weighted by molar-refractivity contribution is 5.58. The number of nitrogens with zero attached hydrogens (tertiary/aromatic N) is 4. The first-order chi connectivity index (χ1) is 8.63. The van der Waals surface area contributed by atoms with Gasteiger partial charge in [0.1, 0.15) is 23.8 Å². The molecule has 1 N–H and O–H groups in total. The molecule has 0 aliphatic rings. The van der Waals surface area contributed by atoms with Crippen molar-refractivity contribution in [3.05, 3.63) is 41.7 Å². The van der Waals surface area contributed by atoms with Crippen LogP contribution in [0.5, 0.6) is 0 Å². The van der Waals surface area contributed by atoms with Crippen molar-refractivity contribution in [2.24, 2.45) is 7.05 Å². The van der Waals surface area contributed by atoms with Gasteiger partial charge in [-0.3, -0.25) is 0 Å². The van der Waals surface area contributed by atoms with Crippen LogP contribution in [-0.2, 0) is 7.05 Å². The zero-order chi connectivity index (χ0) is 13.1. The first-order valence-electron chi connectivity index (χ1n) is 5.42. The molecule has 18 heavy (non-hydrogen) atoms. The number of benzene rings is 1. The Balaban J connectivity index is 2.28. The van der Waals surface area contributed by atoms with Crippen molar-refractivity contribution in [1.29, 1.82) is 5.26 Å². The Kier molecular flexibility index (Phi) is 3.24. The second kappa shape index (κ2) is 4.84. The largest absolute Gasteiger partial charge is 0.374 e. The van der Waals surface area contributed by atoms with Gasteiger partial charge in [-0.25, -0.2) is 4.39 Å². The molecule has 0 radical (unpaired) electrons. The van der Waals surface area contributed by atoms with E-state index in [0.717, 1.165) is 0 Å². The van der Waals surface area contributed by atoms with Gasteiger partial charge in [-0.1, -0.05) is 6.07 Å². The summed E-state index contributed by atoms with van der Waals surface area (Å²) in [6, 6.07) is 6.15. The molecule has 0 fully saturated rings. The third-order valence-electron chi connectivity index (χ3n) is 2.63. The molecule has 0 aliphatic carbocycles. The van der Waals surface area contributed by atoms with E-state index in [9.17, 15) is 4.39 Å². The van der Waals surface area contributed by atoms with Crippen molar-refractivity contribution in [1.82, 2.24) is 14.8 Å². The van der Waals surface area contributed by atoms with E-state index in [1.165, 1.54) is 6.07 Å². The molecule has 0 amide bonds. The van der Waals surface area contributed by atoms with Crippen LogP contribution in [0.2, 0.25) is 0 Å². The number of hydrogen-bond acceptors (Lipinski definition) is 4. The predicted molar refractivity (Wildman–Crippen MR) is 64.2 cm³/mol. The molecule has 1 atom stereocenters. The highest BCUT2D eigenvalue weighted by Crippen LogP contribution is 2.22. The lowest BCUT2D eigenvalue weighted by atomic mass is 10.1. The summed E-state index contributed by atoms with van der Waals surface area (Å²) in [6.45, 7) is 1.87. The van der Waals surface area contributed by atoms with Crippen molar-refractivity contribution < 1.29 is 4.39 Å². The Hall–Kier alpha value is -2.42. The van der Waals surface area contributed by atoms with Crippen LogP contribution in [0.25, 0.3) is 0 Å². The van der Waals surface area contributed by atoms with E-state index < -0.39 is 5.82 Å². The summed E-state index contributed by atoms with van der Waals surface area (Å²) < 4.78 is 15.2. The maximum Gasteiger partial charge on any atom is 0.154 e. The number of aryl methyl sites for hydroxylation is 1. The molecule has 2 rings (SSSR count). The fraction of sp³-hybridized carbons (Fsp3) is 0.250. The van der Waals surface area contributed by atoms with Crippen molar-refractivity contribution in [3.8, 4) is 6.07 Å². The average Bonchev–Trinajstić information content (AvgIpc) is 2.76. The van der Waals surface area contributed by atoms with Crippen molar-refractivity contribution in [3.63, 3.8) is 0 Å². The third kappa shape index (κ3) is 2.15. The zero-order valence-corrected chi connectivity index (χ0v) is 10.1. The van der Waals surface area contributed by atoms with Crippen molar-refractivity contribution in [2.45, 2.75) is 13.0 Å². The quantitative estimate of drug-likeness (QED) is 0.898. The van der Waals surface area contributed by atoms with Crippen LogP contribution in [0.1, 0.15) is 24.4 Å². The predicted octanol–water partition coefficient (Wildman–Crippen LogP) is 2.00. The highest BCUT2D eigenvalue weighted by Gasteiger charge is 2.14. The third-order valence-corrected chi connectivity index (χ3v) is 2.63. The van der Waals surface area contributed by atoms with E-state index in [0.29, 0.717) is 11.5 Å². The van der Waals surface area contributed by atoms with Gasteiger partial charge in [-0.05, 0) is 19.1 Å². The van der Waals surface area contributed by atoms with Crippen molar-refractivity contribution in [2.75, 3.05) is 5.32 Å².